The van der Waals surface area contributed by atoms with E-state index in [-0.39, 0.29) is 18.2 Å². The number of rotatable bonds is 8. The summed E-state index contributed by atoms with van der Waals surface area (Å²) in [6.45, 7) is 1.82. The molecular weight excluding hydrogens is 358 g/mol. The molecular formula is C19H20F2N2O2S. The third kappa shape index (κ3) is 5.84. The number of likely N-dealkylation sites (N-methyl/N-ethyl adjacent to an activating group) is 1. The molecule has 0 fully saturated rings. The summed E-state index contributed by atoms with van der Waals surface area (Å²) in [6.07, 6.45) is 0. The number of hydrogen-bond donors (Lipinski definition) is 1. The van der Waals surface area contributed by atoms with Crippen LogP contribution in [0.3, 0.4) is 0 Å². The lowest BCUT2D eigenvalue weighted by atomic mass is 10.2. The minimum Gasteiger partial charge on any atom is -0.333 e. The number of halogens is 2. The Morgan fingerprint density at radius 2 is 1.69 bits per heavy atom. The number of thioether (sulfide) groups is 1. The number of benzene rings is 2. The maximum Gasteiger partial charge on any atom is 0.244 e. The summed E-state index contributed by atoms with van der Waals surface area (Å²) in [5.41, 5.74) is 0.612. The first kappa shape index (κ1) is 19.9. The van der Waals surface area contributed by atoms with Crippen molar-refractivity contribution in [2.45, 2.75) is 12.7 Å². The van der Waals surface area contributed by atoms with Gasteiger partial charge in [-0.2, -0.15) is 0 Å². The fourth-order valence-corrected chi connectivity index (χ4v) is 3.15. The Labute approximate surface area is 155 Å². The number of nitrogens with zero attached hydrogens (tertiary/aromatic N) is 1. The second-order valence-electron chi connectivity index (χ2n) is 5.53. The molecule has 0 aliphatic rings. The maximum atomic E-state index is 13.6. The first-order chi connectivity index (χ1) is 12.5. The monoisotopic (exact) mass is 378 g/mol. The molecule has 2 aromatic rings. The van der Waals surface area contributed by atoms with Gasteiger partial charge in [0.15, 0.2) is 0 Å². The van der Waals surface area contributed by atoms with Gasteiger partial charge in [0.25, 0.3) is 0 Å². The normalized spacial score (nSPS) is 10.4. The van der Waals surface area contributed by atoms with Gasteiger partial charge in [-0.15, -0.1) is 11.8 Å². The van der Waals surface area contributed by atoms with Crippen molar-refractivity contribution < 1.29 is 18.4 Å². The zero-order valence-corrected chi connectivity index (χ0v) is 15.2. The van der Waals surface area contributed by atoms with Crippen LogP contribution in [0.25, 0.3) is 0 Å². The average molecular weight is 378 g/mol. The van der Waals surface area contributed by atoms with E-state index in [4.69, 9.17) is 0 Å². The number of anilines is 1. The van der Waals surface area contributed by atoms with Crippen molar-refractivity contribution in [1.29, 1.82) is 0 Å². The SMILES string of the molecule is CCN(CC(=O)Nc1c(F)cccc1F)C(=O)CSCc1ccccc1. The van der Waals surface area contributed by atoms with Crippen LogP contribution in [0.1, 0.15) is 12.5 Å². The van der Waals surface area contributed by atoms with Crippen LogP contribution in [0, 0.1) is 11.6 Å². The predicted molar refractivity (Wildman–Crippen MR) is 99.8 cm³/mol. The van der Waals surface area contributed by atoms with E-state index in [0.717, 1.165) is 17.7 Å². The van der Waals surface area contributed by atoms with Gasteiger partial charge in [-0.25, -0.2) is 8.78 Å². The molecule has 1 N–H and O–H groups in total. The summed E-state index contributed by atoms with van der Waals surface area (Å²) in [5.74, 6) is -1.63. The van der Waals surface area contributed by atoms with Crippen molar-refractivity contribution in [3.8, 4) is 0 Å². The van der Waals surface area contributed by atoms with Gasteiger partial charge in [0, 0.05) is 12.3 Å². The van der Waals surface area contributed by atoms with Crippen molar-refractivity contribution in [3.63, 3.8) is 0 Å². The zero-order chi connectivity index (χ0) is 18.9. The summed E-state index contributed by atoms with van der Waals surface area (Å²) >= 11 is 1.45. The maximum absolute atomic E-state index is 13.6. The van der Waals surface area contributed by atoms with Crippen LogP contribution >= 0.6 is 11.8 Å². The molecule has 0 saturated carbocycles. The molecule has 0 aliphatic heterocycles. The topological polar surface area (TPSA) is 49.4 Å². The second kappa shape index (κ2) is 9.91. The number of para-hydroxylation sites is 1. The molecule has 138 valence electrons. The molecule has 0 spiro atoms. The highest BCUT2D eigenvalue weighted by molar-refractivity contribution is 7.99. The van der Waals surface area contributed by atoms with Crippen LogP contribution in [0.5, 0.6) is 0 Å². The Morgan fingerprint density at radius 1 is 1.04 bits per heavy atom. The molecule has 0 heterocycles. The standard InChI is InChI=1S/C19H20F2N2O2S/c1-2-23(18(25)13-26-12-14-7-4-3-5-8-14)11-17(24)22-19-15(20)9-6-10-16(19)21/h3-10H,2,11-13H2,1H3,(H,22,24). The second-order valence-corrected chi connectivity index (χ2v) is 6.52. The third-order valence-electron chi connectivity index (χ3n) is 3.63. The number of carbonyl (C=O) groups is 2. The smallest absolute Gasteiger partial charge is 0.244 e. The van der Waals surface area contributed by atoms with Crippen LogP contribution < -0.4 is 5.32 Å². The van der Waals surface area contributed by atoms with Crippen molar-refractivity contribution in [2.24, 2.45) is 0 Å². The highest BCUT2D eigenvalue weighted by Gasteiger charge is 2.18. The lowest BCUT2D eigenvalue weighted by Gasteiger charge is -2.20. The molecule has 0 aliphatic carbocycles. The Balaban J connectivity index is 1.85. The van der Waals surface area contributed by atoms with Gasteiger partial charge in [-0.05, 0) is 24.6 Å². The van der Waals surface area contributed by atoms with Crippen molar-refractivity contribution in [2.75, 3.05) is 24.2 Å². The summed E-state index contributed by atoms with van der Waals surface area (Å²) < 4.78 is 27.2. The Hall–Kier alpha value is -2.41. The van der Waals surface area contributed by atoms with E-state index in [1.54, 1.807) is 6.92 Å². The summed E-state index contributed by atoms with van der Waals surface area (Å²) in [5, 5.41) is 2.19. The molecule has 2 aromatic carbocycles. The molecule has 0 bridgehead atoms. The fourth-order valence-electron chi connectivity index (χ4n) is 2.27. The Bertz CT molecular complexity index is 736. The van der Waals surface area contributed by atoms with Crippen LogP contribution in [0.15, 0.2) is 48.5 Å². The highest BCUT2D eigenvalue weighted by atomic mass is 32.2. The van der Waals surface area contributed by atoms with E-state index in [0.29, 0.717) is 12.3 Å². The first-order valence-corrected chi connectivity index (χ1v) is 9.30. The zero-order valence-electron chi connectivity index (χ0n) is 14.4. The van der Waals surface area contributed by atoms with Gasteiger partial charge >= 0.3 is 0 Å². The number of nitrogens with one attached hydrogen (secondary N) is 1. The Kier molecular flexibility index (Phi) is 7.59. The van der Waals surface area contributed by atoms with E-state index < -0.39 is 23.2 Å². The van der Waals surface area contributed by atoms with Crippen LogP contribution in [0.2, 0.25) is 0 Å². The molecule has 0 aromatic heterocycles. The molecule has 2 amide bonds. The Morgan fingerprint density at radius 3 is 2.31 bits per heavy atom. The lowest BCUT2D eigenvalue weighted by Crippen LogP contribution is -2.39. The number of carbonyl (C=O) groups excluding carboxylic acids is 2. The molecule has 0 radical (unpaired) electrons. The lowest BCUT2D eigenvalue weighted by molar-refractivity contribution is -0.132. The molecule has 4 nitrogen and oxygen atoms in total. The first-order valence-electron chi connectivity index (χ1n) is 8.14. The molecule has 2 rings (SSSR count). The van der Waals surface area contributed by atoms with E-state index in [2.05, 4.69) is 5.32 Å². The minimum atomic E-state index is -0.855. The van der Waals surface area contributed by atoms with Crippen LogP contribution in [-0.2, 0) is 15.3 Å². The molecule has 26 heavy (non-hydrogen) atoms. The van der Waals surface area contributed by atoms with Gasteiger partial charge in [0.2, 0.25) is 11.8 Å². The van der Waals surface area contributed by atoms with Crippen LogP contribution in [-0.4, -0.2) is 35.6 Å². The van der Waals surface area contributed by atoms with Crippen molar-refractivity contribution >= 4 is 29.3 Å². The van der Waals surface area contributed by atoms with Crippen molar-refractivity contribution in [1.82, 2.24) is 4.90 Å². The quantitative estimate of drug-likeness (QED) is 0.762. The van der Waals surface area contributed by atoms with Gasteiger partial charge < -0.3 is 10.2 Å². The minimum absolute atomic E-state index is 0.197. The highest BCUT2D eigenvalue weighted by Crippen LogP contribution is 2.18. The number of hydrogen-bond acceptors (Lipinski definition) is 3. The van der Waals surface area contributed by atoms with E-state index in [1.807, 2.05) is 30.3 Å². The third-order valence-corrected chi connectivity index (χ3v) is 4.62. The van der Waals surface area contributed by atoms with Crippen molar-refractivity contribution in [3.05, 3.63) is 65.7 Å². The number of amides is 2. The molecule has 7 heteroatoms. The van der Waals surface area contributed by atoms with E-state index >= 15 is 0 Å². The van der Waals surface area contributed by atoms with Gasteiger partial charge in [0.05, 0.1) is 12.3 Å². The van der Waals surface area contributed by atoms with Crippen LogP contribution in [0.4, 0.5) is 14.5 Å². The molecule has 0 saturated heterocycles. The average Bonchev–Trinajstić information content (AvgIpc) is 2.63. The molecule has 0 unspecified atom stereocenters. The van der Waals surface area contributed by atoms with E-state index in [1.165, 1.54) is 22.7 Å². The summed E-state index contributed by atoms with van der Waals surface area (Å²) in [4.78, 5) is 25.7. The van der Waals surface area contributed by atoms with E-state index in [9.17, 15) is 18.4 Å². The summed E-state index contributed by atoms with van der Waals surface area (Å²) in [7, 11) is 0. The fraction of sp³-hybridized carbons (Fsp3) is 0.263. The van der Waals surface area contributed by atoms with Gasteiger partial charge in [0.1, 0.15) is 17.3 Å². The predicted octanol–water partition coefficient (Wildman–Crippen LogP) is 3.69. The van der Waals surface area contributed by atoms with Gasteiger partial charge in [-0.1, -0.05) is 36.4 Å². The molecule has 0 atom stereocenters. The van der Waals surface area contributed by atoms with Gasteiger partial charge in [-0.3, -0.25) is 9.59 Å². The largest absolute Gasteiger partial charge is 0.333 e. The summed E-state index contributed by atoms with van der Waals surface area (Å²) in [6, 6.07) is 13.1.